The summed E-state index contributed by atoms with van der Waals surface area (Å²) < 4.78 is 5.13. The van der Waals surface area contributed by atoms with Crippen LogP contribution < -0.4 is 5.32 Å². The van der Waals surface area contributed by atoms with E-state index in [1.165, 1.54) is 6.42 Å². The number of rotatable bonds is 8. The van der Waals surface area contributed by atoms with Crippen molar-refractivity contribution in [3.05, 3.63) is 0 Å². The van der Waals surface area contributed by atoms with Crippen LogP contribution in [0.25, 0.3) is 0 Å². The van der Waals surface area contributed by atoms with Gasteiger partial charge in [0.15, 0.2) is 0 Å². The van der Waals surface area contributed by atoms with E-state index in [2.05, 4.69) is 45.0 Å². The standard InChI is InChI=1S/C13H30N2O/c1-12(11-16-6)15(5)10-9-14-8-7-13(2,3)4/h12,14H,7-11H2,1-6H3. The molecule has 1 atom stereocenters. The first-order chi connectivity index (χ1) is 7.37. The maximum absolute atomic E-state index is 5.13. The number of nitrogens with one attached hydrogen (secondary N) is 1. The van der Waals surface area contributed by atoms with Gasteiger partial charge in [0.25, 0.3) is 0 Å². The minimum absolute atomic E-state index is 0.433. The van der Waals surface area contributed by atoms with Crippen LogP contribution in [0.4, 0.5) is 0 Å². The molecular weight excluding hydrogens is 200 g/mol. The molecule has 1 N–H and O–H groups in total. The van der Waals surface area contributed by atoms with E-state index in [-0.39, 0.29) is 0 Å². The molecule has 0 aromatic heterocycles. The van der Waals surface area contributed by atoms with Crippen LogP contribution >= 0.6 is 0 Å². The summed E-state index contributed by atoms with van der Waals surface area (Å²) in [6.45, 7) is 13.1. The van der Waals surface area contributed by atoms with Crippen molar-refractivity contribution in [3.63, 3.8) is 0 Å². The molecule has 0 bridgehead atoms. The summed E-state index contributed by atoms with van der Waals surface area (Å²) in [5.74, 6) is 0. The monoisotopic (exact) mass is 230 g/mol. The van der Waals surface area contributed by atoms with Crippen molar-refractivity contribution in [1.29, 1.82) is 0 Å². The van der Waals surface area contributed by atoms with Crippen LogP contribution in [-0.2, 0) is 4.74 Å². The van der Waals surface area contributed by atoms with E-state index < -0.39 is 0 Å². The highest BCUT2D eigenvalue weighted by Crippen LogP contribution is 2.16. The maximum atomic E-state index is 5.13. The molecule has 0 fully saturated rings. The Balaban J connectivity index is 3.44. The molecule has 1 unspecified atom stereocenters. The summed E-state index contributed by atoms with van der Waals surface area (Å²) in [7, 11) is 3.90. The fraction of sp³-hybridized carbons (Fsp3) is 1.00. The third-order valence-corrected chi connectivity index (χ3v) is 2.85. The highest BCUT2D eigenvalue weighted by Gasteiger charge is 2.10. The van der Waals surface area contributed by atoms with Gasteiger partial charge in [0.2, 0.25) is 0 Å². The molecule has 3 nitrogen and oxygen atoms in total. The van der Waals surface area contributed by atoms with Gasteiger partial charge in [-0.15, -0.1) is 0 Å². The van der Waals surface area contributed by atoms with Gasteiger partial charge < -0.3 is 15.0 Å². The summed E-state index contributed by atoms with van der Waals surface area (Å²) in [6, 6.07) is 0.495. The lowest BCUT2D eigenvalue weighted by molar-refractivity contribution is 0.116. The van der Waals surface area contributed by atoms with Gasteiger partial charge in [-0.05, 0) is 32.4 Å². The van der Waals surface area contributed by atoms with Crippen molar-refractivity contribution in [3.8, 4) is 0 Å². The average molecular weight is 230 g/mol. The van der Waals surface area contributed by atoms with Crippen molar-refractivity contribution in [2.75, 3.05) is 40.4 Å². The van der Waals surface area contributed by atoms with Gasteiger partial charge in [-0.3, -0.25) is 0 Å². The molecule has 0 aliphatic carbocycles. The second kappa shape index (κ2) is 8.04. The van der Waals surface area contributed by atoms with Gasteiger partial charge in [0.05, 0.1) is 6.61 Å². The second-order valence-electron chi connectivity index (χ2n) is 5.85. The van der Waals surface area contributed by atoms with Gasteiger partial charge in [-0.1, -0.05) is 20.8 Å². The lowest BCUT2D eigenvalue weighted by Gasteiger charge is -2.24. The molecule has 3 heteroatoms. The fourth-order valence-electron chi connectivity index (χ4n) is 1.43. The SMILES string of the molecule is COCC(C)N(C)CCNCCC(C)(C)C. The zero-order valence-corrected chi connectivity index (χ0v) is 12.0. The zero-order valence-electron chi connectivity index (χ0n) is 12.0. The third-order valence-electron chi connectivity index (χ3n) is 2.85. The largest absolute Gasteiger partial charge is 0.383 e. The Morgan fingerprint density at radius 2 is 1.88 bits per heavy atom. The maximum Gasteiger partial charge on any atom is 0.0615 e. The van der Waals surface area contributed by atoms with Gasteiger partial charge in [-0.2, -0.15) is 0 Å². The molecule has 0 saturated carbocycles. The van der Waals surface area contributed by atoms with Gasteiger partial charge in [-0.25, -0.2) is 0 Å². The average Bonchev–Trinajstić information content (AvgIpc) is 2.15. The van der Waals surface area contributed by atoms with E-state index in [0.717, 1.165) is 26.2 Å². The molecule has 0 heterocycles. The van der Waals surface area contributed by atoms with Crippen LogP contribution in [0.1, 0.15) is 34.1 Å². The third kappa shape index (κ3) is 9.13. The smallest absolute Gasteiger partial charge is 0.0615 e. The molecule has 0 aliphatic heterocycles. The van der Waals surface area contributed by atoms with Gasteiger partial charge in [0, 0.05) is 26.2 Å². The summed E-state index contributed by atoms with van der Waals surface area (Å²) >= 11 is 0. The lowest BCUT2D eigenvalue weighted by atomic mass is 9.92. The molecule has 0 rings (SSSR count). The molecular formula is C13H30N2O. The molecule has 0 spiro atoms. The van der Waals surface area contributed by atoms with Crippen molar-refractivity contribution in [2.24, 2.45) is 5.41 Å². The van der Waals surface area contributed by atoms with Crippen LogP contribution in [0.2, 0.25) is 0 Å². The Bertz CT molecular complexity index is 166. The van der Waals surface area contributed by atoms with Gasteiger partial charge >= 0.3 is 0 Å². The molecule has 0 saturated heterocycles. The molecule has 0 aromatic rings. The number of ether oxygens (including phenoxy) is 1. The van der Waals surface area contributed by atoms with E-state index in [0.29, 0.717) is 11.5 Å². The normalized spacial score (nSPS) is 14.4. The molecule has 0 aliphatic rings. The van der Waals surface area contributed by atoms with E-state index in [1.807, 2.05) is 0 Å². The molecule has 0 aromatic carbocycles. The van der Waals surface area contributed by atoms with Crippen LogP contribution in [0.5, 0.6) is 0 Å². The zero-order chi connectivity index (χ0) is 12.6. The van der Waals surface area contributed by atoms with Crippen LogP contribution in [0.15, 0.2) is 0 Å². The molecule has 0 amide bonds. The van der Waals surface area contributed by atoms with E-state index >= 15 is 0 Å². The lowest BCUT2D eigenvalue weighted by Crippen LogP contribution is -2.38. The number of hydrogen-bond donors (Lipinski definition) is 1. The minimum Gasteiger partial charge on any atom is -0.383 e. The summed E-state index contributed by atoms with van der Waals surface area (Å²) in [4.78, 5) is 2.33. The van der Waals surface area contributed by atoms with E-state index in [9.17, 15) is 0 Å². The summed E-state index contributed by atoms with van der Waals surface area (Å²) in [6.07, 6.45) is 1.23. The first-order valence-corrected chi connectivity index (χ1v) is 6.26. The number of hydrogen-bond acceptors (Lipinski definition) is 3. The first-order valence-electron chi connectivity index (χ1n) is 6.26. The van der Waals surface area contributed by atoms with Crippen LogP contribution in [0, 0.1) is 5.41 Å². The number of likely N-dealkylation sites (N-methyl/N-ethyl adjacent to an activating group) is 1. The summed E-state index contributed by atoms with van der Waals surface area (Å²) in [5.41, 5.74) is 0.433. The number of nitrogens with zero attached hydrogens (tertiary/aromatic N) is 1. The highest BCUT2D eigenvalue weighted by atomic mass is 16.5. The van der Waals surface area contributed by atoms with Crippen molar-refractivity contribution in [1.82, 2.24) is 10.2 Å². The molecule has 0 radical (unpaired) electrons. The first kappa shape index (κ1) is 15.9. The number of methoxy groups -OCH3 is 1. The Morgan fingerprint density at radius 3 is 2.38 bits per heavy atom. The fourth-order valence-corrected chi connectivity index (χ4v) is 1.43. The highest BCUT2D eigenvalue weighted by molar-refractivity contribution is 4.66. The molecule has 98 valence electrons. The predicted molar refractivity (Wildman–Crippen MR) is 70.9 cm³/mol. The van der Waals surface area contributed by atoms with Gasteiger partial charge in [0.1, 0.15) is 0 Å². The topological polar surface area (TPSA) is 24.5 Å². The van der Waals surface area contributed by atoms with Crippen molar-refractivity contribution >= 4 is 0 Å². The van der Waals surface area contributed by atoms with Crippen LogP contribution in [-0.4, -0.2) is 51.3 Å². The second-order valence-corrected chi connectivity index (χ2v) is 5.85. The van der Waals surface area contributed by atoms with Crippen molar-refractivity contribution < 1.29 is 4.74 Å². The minimum atomic E-state index is 0.433. The Labute approximate surface area is 102 Å². The van der Waals surface area contributed by atoms with Crippen molar-refractivity contribution in [2.45, 2.75) is 40.2 Å². The Kier molecular flexibility index (Phi) is 7.98. The Morgan fingerprint density at radius 1 is 1.25 bits per heavy atom. The quantitative estimate of drug-likeness (QED) is 0.645. The van der Waals surface area contributed by atoms with Crippen LogP contribution in [0.3, 0.4) is 0 Å². The molecule has 16 heavy (non-hydrogen) atoms. The Hall–Kier alpha value is -0.120. The van der Waals surface area contributed by atoms with E-state index in [1.54, 1.807) is 7.11 Å². The van der Waals surface area contributed by atoms with E-state index in [4.69, 9.17) is 4.74 Å². The predicted octanol–water partition coefficient (Wildman–Crippen LogP) is 1.98. The summed E-state index contributed by atoms with van der Waals surface area (Å²) in [5, 5.41) is 3.49.